The van der Waals surface area contributed by atoms with Gasteiger partial charge in [-0.15, -0.1) is 11.3 Å². The highest BCUT2D eigenvalue weighted by Gasteiger charge is 2.27. The first-order valence-corrected chi connectivity index (χ1v) is 7.95. The number of thiophene rings is 1. The molecule has 21 heavy (non-hydrogen) atoms. The van der Waals surface area contributed by atoms with Crippen molar-refractivity contribution in [2.24, 2.45) is 0 Å². The maximum Gasteiger partial charge on any atom is 0.197 e. The summed E-state index contributed by atoms with van der Waals surface area (Å²) in [6.45, 7) is 6.35. The largest absolute Gasteiger partial charge is 0.379 e. The molecule has 0 fully saturated rings. The predicted octanol–water partition coefficient (Wildman–Crippen LogP) is 4.20. The highest BCUT2D eigenvalue weighted by Crippen LogP contribution is 2.30. The van der Waals surface area contributed by atoms with Gasteiger partial charge in [-0.05, 0) is 44.9 Å². The molecule has 0 aliphatic carbocycles. The molecule has 0 radical (unpaired) electrons. The summed E-state index contributed by atoms with van der Waals surface area (Å²) in [7, 11) is 0. The normalized spacial score (nSPS) is 18.1. The maximum atomic E-state index is 12.4. The minimum absolute atomic E-state index is 0.0359. The molecule has 2 aromatic rings. The Balaban J connectivity index is 2.01. The van der Waals surface area contributed by atoms with Crippen molar-refractivity contribution in [2.45, 2.75) is 32.7 Å². The van der Waals surface area contributed by atoms with Crippen LogP contribution in [0.15, 0.2) is 42.5 Å². The van der Waals surface area contributed by atoms with Gasteiger partial charge in [-0.2, -0.15) is 0 Å². The summed E-state index contributed by atoms with van der Waals surface area (Å²) in [5.74, 6) is 0.0723. The van der Waals surface area contributed by atoms with E-state index in [1.54, 1.807) is 17.4 Å². The number of aryl methyl sites for hydroxylation is 1. The van der Waals surface area contributed by atoms with Gasteiger partial charge in [0.2, 0.25) is 0 Å². The standard InChI is InChI=1S/C18H19NOS/c1-12-8-9-17(21-12)16(20)10-15-14-7-5-4-6-13(14)11-18(2,3)19-15/h4-10,19H,11H2,1-3H3/b15-10-. The summed E-state index contributed by atoms with van der Waals surface area (Å²) in [4.78, 5) is 14.4. The van der Waals surface area contributed by atoms with Gasteiger partial charge in [-0.3, -0.25) is 4.79 Å². The molecule has 0 atom stereocenters. The van der Waals surface area contributed by atoms with Crippen LogP contribution >= 0.6 is 11.3 Å². The Labute approximate surface area is 129 Å². The number of ketones is 1. The third-order valence-electron chi connectivity index (χ3n) is 3.67. The van der Waals surface area contributed by atoms with Gasteiger partial charge in [-0.25, -0.2) is 0 Å². The summed E-state index contributed by atoms with van der Waals surface area (Å²) < 4.78 is 0. The van der Waals surface area contributed by atoms with Crippen molar-refractivity contribution >= 4 is 22.8 Å². The molecule has 108 valence electrons. The second-order valence-electron chi connectivity index (χ2n) is 6.18. The summed E-state index contributed by atoms with van der Waals surface area (Å²) in [6.07, 6.45) is 2.71. The minimum Gasteiger partial charge on any atom is -0.379 e. The van der Waals surface area contributed by atoms with Gasteiger partial charge < -0.3 is 5.32 Å². The zero-order valence-corrected chi connectivity index (χ0v) is 13.4. The molecule has 1 aromatic heterocycles. The van der Waals surface area contributed by atoms with E-state index in [1.165, 1.54) is 5.56 Å². The number of fused-ring (bicyclic) bond motifs is 1. The lowest BCUT2D eigenvalue weighted by atomic mass is 9.85. The van der Waals surface area contributed by atoms with Gasteiger partial charge >= 0.3 is 0 Å². The summed E-state index contributed by atoms with van der Waals surface area (Å²) >= 11 is 1.54. The average Bonchev–Trinajstić information content (AvgIpc) is 2.84. The first kappa shape index (κ1) is 14.1. The van der Waals surface area contributed by atoms with E-state index in [1.807, 2.05) is 25.1 Å². The monoisotopic (exact) mass is 297 g/mol. The highest BCUT2D eigenvalue weighted by atomic mass is 32.1. The molecule has 1 N–H and O–H groups in total. The fourth-order valence-corrected chi connectivity index (χ4v) is 3.55. The molecule has 2 nitrogen and oxygen atoms in total. The van der Waals surface area contributed by atoms with E-state index >= 15 is 0 Å². The van der Waals surface area contributed by atoms with Gasteiger partial charge in [0.25, 0.3) is 0 Å². The van der Waals surface area contributed by atoms with Crippen LogP contribution in [-0.4, -0.2) is 11.3 Å². The molecule has 0 saturated carbocycles. The quantitative estimate of drug-likeness (QED) is 0.665. The van der Waals surface area contributed by atoms with E-state index < -0.39 is 0 Å². The Morgan fingerprint density at radius 1 is 1.24 bits per heavy atom. The van der Waals surface area contributed by atoms with Crippen LogP contribution in [0.3, 0.4) is 0 Å². The second kappa shape index (κ2) is 5.15. The first-order chi connectivity index (χ1) is 9.94. The van der Waals surface area contributed by atoms with Gasteiger partial charge in [0.05, 0.1) is 4.88 Å². The van der Waals surface area contributed by atoms with Crippen LogP contribution in [0.25, 0.3) is 5.70 Å². The molecule has 3 rings (SSSR count). The number of benzene rings is 1. The number of hydrogen-bond acceptors (Lipinski definition) is 3. The van der Waals surface area contributed by atoms with E-state index in [0.29, 0.717) is 0 Å². The van der Waals surface area contributed by atoms with Gasteiger partial charge in [0.15, 0.2) is 5.78 Å². The van der Waals surface area contributed by atoms with Crippen LogP contribution in [-0.2, 0) is 6.42 Å². The predicted molar refractivity (Wildman–Crippen MR) is 88.7 cm³/mol. The molecular formula is C18H19NOS. The average molecular weight is 297 g/mol. The molecular weight excluding hydrogens is 278 g/mol. The molecule has 1 aromatic carbocycles. The summed E-state index contributed by atoms with van der Waals surface area (Å²) in [5.41, 5.74) is 3.32. The number of carbonyl (C=O) groups is 1. The maximum absolute atomic E-state index is 12.4. The number of rotatable bonds is 2. The molecule has 1 aliphatic rings. The SMILES string of the molecule is Cc1ccc(C(=O)/C=C2\NC(C)(C)Cc3ccccc32)s1. The lowest BCUT2D eigenvalue weighted by Crippen LogP contribution is -2.43. The van der Waals surface area contributed by atoms with Crippen LogP contribution in [0.2, 0.25) is 0 Å². The van der Waals surface area contributed by atoms with E-state index in [2.05, 4.69) is 37.4 Å². The van der Waals surface area contributed by atoms with E-state index in [4.69, 9.17) is 0 Å². The van der Waals surface area contributed by atoms with Crippen molar-refractivity contribution in [1.29, 1.82) is 0 Å². The fourth-order valence-electron chi connectivity index (χ4n) is 2.77. The van der Waals surface area contributed by atoms with Gasteiger partial charge in [0.1, 0.15) is 0 Å². The van der Waals surface area contributed by atoms with Crippen LogP contribution in [0.1, 0.15) is 39.5 Å². The summed E-state index contributed by atoms with van der Waals surface area (Å²) in [5, 5.41) is 3.50. The second-order valence-corrected chi connectivity index (χ2v) is 7.46. The fraction of sp³-hybridized carbons (Fsp3) is 0.278. The van der Waals surface area contributed by atoms with Crippen molar-refractivity contribution in [3.05, 3.63) is 63.4 Å². The molecule has 0 amide bonds. The molecule has 0 bridgehead atoms. The third kappa shape index (κ3) is 2.93. The molecule has 3 heteroatoms. The van der Waals surface area contributed by atoms with Crippen molar-refractivity contribution in [2.75, 3.05) is 0 Å². The summed E-state index contributed by atoms with van der Waals surface area (Å²) in [6, 6.07) is 12.2. The first-order valence-electron chi connectivity index (χ1n) is 7.13. The van der Waals surface area contributed by atoms with Crippen LogP contribution in [0, 0.1) is 6.92 Å². The van der Waals surface area contributed by atoms with Crippen molar-refractivity contribution in [1.82, 2.24) is 5.32 Å². The zero-order valence-electron chi connectivity index (χ0n) is 12.6. The molecule has 0 unspecified atom stereocenters. The molecule has 1 aliphatic heterocycles. The minimum atomic E-state index is -0.0359. The number of hydrogen-bond donors (Lipinski definition) is 1. The van der Waals surface area contributed by atoms with E-state index in [9.17, 15) is 4.79 Å². The Morgan fingerprint density at radius 2 is 2.00 bits per heavy atom. The van der Waals surface area contributed by atoms with Crippen molar-refractivity contribution in [3.8, 4) is 0 Å². The number of carbonyl (C=O) groups excluding carboxylic acids is 1. The van der Waals surface area contributed by atoms with Crippen molar-refractivity contribution < 1.29 is 4.79 Å². The Morgan fingerprint density at radius 3 is 2.71 bits per heavy atom. The molecule has 0 saturated heterocycles. The number of nitrogens with one attached hydrogen (secondary N) is 1. The zero-order chi connectivity index (χ0) is 15.0. The Kier molecular flexibility index (Phi) is 3.46. The smallest absolute Gasteiger partial charge is 0.197 e. The molecule has 2 heterocycles. The van der Waals surface area contributed by atoms with Crippen molar-refractivity contribution in [3.63, 3.8) is 0 Å². The number of allylic oxidation sites excluding steroid dienone is 1. The van der Waals surface area contributed by atoms with Crippen LogP contribution in [0.4, 0.5) is 0 Å². The van der Waals surface area contributed by atoms with E-state index in [-0.39, 0.29) is 11.3 Å². The highest BCUT2D eigenvalue weighted by molar-refractivity contribution is 7.14. The lowest BCUT2D eigenvalue weighted by Gasteiger charge is -2.35. The van der Waals surface area contributed by atoms with Crippen LogP contribution < -0.4 is 5.32 Å². The van der Waals surface area contributed by atoms with Gasteiger partial charge in [-0.1, -0.05) is 24.3 Å². The molecule has 0 spiro atoms. The van der Waals surface area contributed by atoms with Gasteiger partial charge in [0, 0.05) is 27.8 Å². The van der Waals surface area contributed by atoms with E-state index in [0.717, 1.165) is 27.4 Å². The lowest BCUT2D eigenvalue weighted by molar-refractivity contribution is 0.105. The van der Waals surface area contributed by atoms with Crippen LogP contribution in [0.5, 0.6) is 0 Å². The third-order valence-corrected chi connectivity index (χ3v) is 4.69. The topological polar surface area (TPSA) is 29.1 Å². The Bertz CT molecular complexity index is 724. The Hall–Kier alpha value is -1.87.